The maximum Gasteiger partial charge on any atom is 0.514 e. The molecule has 0 radical (unpaired) electrons. The standard InChI is InChI=1S/C13H13F3O3/c1-4-12(2,3)19-11(17)18-10-8-6-5-7-9(10)13(14,15)16/h4-8H,1H2,2-3H3. The molecule has 0 aromatic heterocycles. The van der Waals surface area contributed by atoms with Gasteiger partial charge in [0, 0.05) is 0 Å². The van der Waals surface area contributed by atoms with Crippen molar-refractivity contribution in [1.29, 1.82) is 0 Å². The van der Waals surface area contributed by atoms with Gasteiger partial charge in [-0.3, -0.25) is 0 Å². The Bertz CT molecular complexity index is 478. The second-order valence-corrected chi connectivity index (χ2v) is 4.26. The second-order valence-electron chi connectivity index (χ2n) is 4.26. The van der Waals surface area contributed by atoms with E-state index in [9.17, 15) is 18.0 Å². The fourth-order valence-corrected chi connectivity index (χ4v) is 1.16. The monoisotopic (exact) mass is 274 g/mol. The van der Waals surface area contributed by atoms with E-state index in [0.717, 1.165) is 12.1 Å². The van der Waals surface area contributed by atoms with Crippen molar-refractivity contribution >= 4 is 6.16 Å². The van der Waals surface area contributed by atoms with Crippen LogP contribution in [0.2, 0.25) is 0 Å². The minimum Gasteiger partial charge on any atom is -0.424 e. The molecule has 104 valence electrons. The Morgan fingerprint density at radius 1 is 1.26 bits per heavy atom. The summed E-state index contributed by atoms with van der Waals surface area (Å²) in [5.74, 6) is -0.597. The Morgan fingerprint density at radius 2 is 1.84 bits per heavy atom. The van der Waals surface area contributed by atoms with E-state index in [-0.39, 0.29) is 0 Å². The van der Waals surface area contributed by atoms with Crippen LogP contribution >= 0.6 is 0 Å². The van der Waals surface area contributed by atoms with Gasteiger partial charge < -0.3 is 9.47 Å². The normalized spacial score (nSPS) is 11.8. The van der Waals surface area contributed by atoms with Crippen molar-refractivity contribution < 1.29 is 27.4 Å². The van der Waals surface area contributed by atoms with Crippen molar-refractivity contribution in [2.45, 2.75) is 25.6 Å². The van der Waals surface area contributed by atoms with E-state index in [0.29, 0.717) is 0 Å². The first-order valence-corrected chi connectivity index (χ1v) is 5.36. The van der Waals surface area contributed by atoms with Crippen LogP contribution < -0.4 is 4.74 Å². The van der Waals surface area contributed by atoms with Crippen LogP contribution in [0, 0.1) is 0 Å². The van der Waals surface area contributed by atoms with Crippen LogP contribution in [0.1, 0.15) is 19.4 Å². The predicted molar refractivity (Wildman–Crippen MR) is 62.8 cm³/mol. The van der Waals surface area contributed by atoms with Gasteiger partial charge in [-0.15, -0.1) is 0 Å². The van der Waals surface area contributed by atoms with Crippen LogP contribution in [-0.2, 0) is 10.9 Å². The van der Waals surface area contributed by atoms with E-state index in [2.05, 4.69) is 11.3 Å². The summed E-state index contributed by atoms with van der Waals surface area (Å²) in [6.07, 6.45) is -4.49. The molecule has 0 saturated heterocycles. The summed E-state index contributed by atoms with van der Waals surface area (Å²) < 4.78 is 47.4. The van der Waals surface area contributed by atoms with Gasteiger partial charge in [-0.05, 0) is 32.1 Å². The molecule has 0 fully saturated rings. The largest absolute Gasteiger partial charge is 0.514 e. The van der Waals surface area contributed by atoms with E-state index in [1.54, 1.807) is 0 Å². The fraction of sp³-hybridized carbons (Fsp3) is 0.308. The molecule has 1 aromatic rings. The molecule has 0 bridgehead atoms. The molecule has 0 heterocycles. The van der Waals surface area contributed by atoms with E-state index in [1.807, 2.05) is 0 Å². The highest BCUT2D eigenvalue weighted by atomic mass is 19.4. The van der Waals surface area contributed by atoms with Gasteiger partial charge in [-0.25, -0.2) is 4.79 Å². The Labute approximate surface area is 108 Å². The van der Waals surface area contributed by atoms with Gasteiger partial charge in [0.25, 0.3) is 0 Å². The zero-order valence-corrected chi connectivity index (χ0v) is 10.5. The van der Waals surface area contributed by atoms with Gasteiger partial charge in [0.1, 0.15) is 11.4 Å². The summed E-state index contributed by atoms with van der Waals surface area (Å²) in [5.41, 5.74) is -2.06. The first kappa shape index (κ1) is 15.1. The first-order chi connectivity index (χ1) is 8.65. The average Bonchev–Trinajstić information content (AvgIpc) is 2.27. The molecular formula is C13H13F3O3. The number of halogens is 3. The topological polar surface area (TPSA) is 35.5 Å². The molecule has 0 N–H and O–H groups in total. The van der Waals surface area contributed by atoms with Crippen molar-refractivity contribution in [2.75, 3.05) is 0 Å². The van der Waals surface area contributed by atoms with Gasteiger partial charge in [0.2, 0.25) is 0 Å². The Kier molecular flexibility index (Phi) is 4.24. The van der Waals surface area contributed by atoms with Gasteiger partial charge >= 0.3 is 12.3 Å². The molecule has 6 heteroatoms. The molecule has 1 aromatic carbocycles. The van der Waals surface area contributed by atoms with Crippen LogP contribution in [0.5, 0.6) is 5.75 Å². The molecule has 3 nitrogen and oxygen atoms in total. The van der Waals surface area contributed by atoms with Gasteiger partial charge in [-0.1, -0.05) is 18.7 Å². The fourth-order valence-electron chi connectivity index (χ4n) is 1.16. The smallest absolute Gasteiger partial charge is 0.424 e. The first-order valence-electron chi connectivity index (χ1n) is 5.36. The van der Waals surface area contributed by atoms with Gasteiger partial charge in [0.05, 0.1) is 5.56 Å². The molecule has 0 saturated carbocycles. The summed E-state index contributed by atoms with van der Waals surface area (Å²) in [6.45, 7) is 6.49. The summed E-state index contributed by atoms with van der Waals surface area (Å²) in [6, 6.07) is 4.40. The number of rotatable bonds is 3. The van der Waals surface area contributed by atoms with Crippen molar-refractivity contribution in [3.63, 3.8) is 0 Å². The van der Waals surface area contributed by atoms with Crippen LogP contribution in [0.25, 0.3) is 0 Å². The number of hydrogen-bond acceptors (Lipinski definition) is 3. The third-order valence-electron chi connectivity index (χ3n) is 2.22. The Hall–Kier alpha value is -1.98. The molecule has 1 rings (SSSR count). The highest BCUT2D eigenvalue weighted by molar-refractivity contribution is 5.65. The zero-order valence-electron chi connectivity index (χ0n) is 10.5. The van der Waals surface area contributed by atoms with Crippen molar-refractivity contribution in [3.05, 3.63) is 42.5 Å². The lowest BCUT2D eigenvalue weighted by atomic mass is 10.1. The van der Waals surface area contributed by atoms with Crippen LogP contribution in [0.15, 0.2) is 36.9 Å². The second kappa shape index (κ2) is 5.34. The third kappa shape index (κ3) is 4.31. The highest BCUT2D eigenvalue weighted by Crippen LogP contribution is 2.36. The van der Waals surface area contributed by atoms with E-state index in [4.69, 9.17) is 4.74 Å². The van der Waals surface area contributed by atoms with E-state index >= 15 is 0 Å². The van der Waals surface area contributed by atoms with Gasteiger partial charge in [0.15, 0.2) is 0 Å². The predicted octanol–water partition coefficient (Wildman–Crippen LogP) is 4.19. The van der Waals surface area contributed by atoms with Crippen molar-refractivity contribution in [1.82, 2.24) is 0 Å². The SMILES string of the molecule is C=CC(C)(C)OC(=O)Oc1ccccc1C(F)(F)F. The molecule has 0 aliphatic carbocycles. The maximum absolute atomic E-state index is 12.7. The molecule has 19 heavy (non-hydrogen) atoms. The summed E-state index contributed by atoms with van der Waals surface area (Å²) in [4.78, 5) is 11.4. The van der Waals surface area contributed by atoms with Crippen LogP contribution in [0.3, 0.4) is 0 Å². The lowest BCUT2D eigenvalue weighted by molar-refractivity contribution is -0.138. The molecule has 0 unspecified atom stereocenters. The number of alkyl halides is 3. The van der Waals surface area contributed by atoms with Crippen molar-refractivity contribution in [2.24, 2.45) is 0 Å². The van der Waals surface area contributed by atoms with Crippen LogP contribution in [0.4, 0.5) is 18.0 Å². The lowest BCUT2D eigenvalue weighted by Gasteiger charge is -2.20. The summed E-state index contributed by atoms with van der Waals surface area (Å²) in [5, 5.41) is 0. The Morgan fingerprint density at radius 3 is 2.37 bits per heavy atom. The summed E-state index contributed by atoms with van der Waals surface area (Å²) in [7, 11) is 0. The van der Waals surface area contributed by atoms with E-state index < -0.39 is 29.2 Å². The quantitative estimate of drug-likeness (QED) is 0.471. The maximum atomic E-state index is 12.7. The molecule has 0 amide bonds. The zero-order chi connectivity index (χ0) is 14.7. The molecule has 0 atom stereocenters. The number of para-hydroxylation sites is 1. The lowest BCUT2D eigenvalue weighted by Crippen LogP contribution is -2.27. The number of carbonyl (C=O) groups excluding carboxylic acids is 1. The molecule has 0 spiro atoms. The number of benzene rings is 1. The van der Waals surface area contributed by atoms with Crippen molar-refractivity contribution in [3.8, 4) is 5.75 Å². The number of carbonyl (C=O) groups is 1. The molecule has 0 aliphatic heterocycles. The molecule has 0 aliphatic rings. The van der Waals surface area contributed by atoms with E-state index in [1.165, 1.54) is 32.1 Å². The minimum atomic E-state index is -4.61. The Balaban J connectivity index is 2.89. The number of ether oxygens (including phenoxy) is 2. The molecular weight excluding hydrogens is 261 g/mol. The highest BCUT2D eigenvalue weighted by Gasteiger charge is 2.35. The summed E-state index contributed by atoms with van der Waals surface area (Å²) >= 11 is 0. The van der Waals surface area contributed by atoms with Crippen LogP contribution in [-0.4, -0.2) is 11.8 Å². The van der Waals surface area contributed by atoms with Gasteiger partial charge in [-0.2, -0.15) is 13.2 Å². The third-order valence-corrected chi connectivity index (χ3v) is 2.22. The minimum absolute atomic E-state index is 0.597. The number of hydrogen-bond donors (Lipinski definition) is 0. The average molecular weight is 274 g/mol.